The molecule has 128 valence electrons. The van der Waals surface area contributed by atoms with Crippen molar-refractivity contribution in [3.05, 3.63) is 71.4 Å². The van der Waals surface area contributed by atoms with Crippen molar-refractivity contribution >= 4 is 17.5 Å². The fraction of sp³-hybridized carbons (Fsp3) is 0.250. The molecule has 25 heavy (non-hydrogen) atoms. The number of hydrogen-bond donors (Lipinski definition) is 1. The van der Waals surface area contributed by atoms with E-state index in [1.807, 2.05) is 18.2 Å². The lowest BCUT2D eigenvalue weighted by atomic mass is 10.1. The maximum Gasteiger partial charge on any atom is 0.247 e. The topological polar surface area (TPSA) is 53.9 Å². The van der Waals surface area contributed by atoms with Crippen molar-refractivity contribution in [2.45, 2.75) is 27.3 Å². The van der Waals surface area contributed by atoms with E-state index in [2.05, 4.69) is 76.5 Å². The summed E-state index contributed by atoms with van der Waals surface area (Å²) in [6, 6.07) is 16.6. The van der Waals surface area contributed by atoms with Crippen LogP contribution in [-0.4, -0.2) is 21.7 Å². The van der Waals surface area contributed by atoms with Gasteiger partial charge in [-0.2, -0.15) is 10.1 Å². The van der Waals surface area contributed by atoms with Crippen LogP contribution in [0.3, 0.4) is 0 Å². The Morgan fingerprint density at radius 1 is 1.00 bits per heavy atom. The van der Waals surface area contributed by atoms with E-state index in [9.17, 15) is 0 Å². The molecule has 1 heterocycles. The second-order valence-electron chi connectivity index (χ2n) is 6.14. The Kier molecular flexibility index (Phi) is 5.23. The van der Waals surface area contributed by atoms with Gasteiger partial charge in [0.2, 0.25) is 5.95 Å². The predicted molar refractivity (Wildman–Crippen MR) is 102 cm³/mol. The van der Waals surface area contributed by atoms with Gasteiger partial charge in [0.25, 0.3) is 0 Å². The Hall–Kier alpha value is -2.95. The smallest absolute Gasteiger partial charge is 0.247 e. The molecule has 0 atom stereocenters. The van der Waals surface area contributed by atoms with E-state index < -0.39 is 0 Å². The zero-order valence-electron chi connectivity index (χ0n) is 14.9. The van der Waals surface area contributed by atoms with Crippen LogP contribution in [0, 0.1) is 13.8 Å². The first-order valence-electron chi connectivity index (χ1n) is 8.48. The minimum atomic E-state index is 0.626. The summed E-state index contributed by atoms with van der Waals surface area (Å²) in [6.07, 6.45) is 1.65. The molecule has 0 unspecified atom stereocenters. The first-order chi connectivity index (χ1) is 12.1. The van der Waals surface area contributed by atoms with Crippen LogP contribution in [-0.2, 0) is 6.54 Å². The summed E-state index contributed by atoms with van der Waals surface area (Å²) >= 11 is 0. The van der Waals surface area contributed by atoms with E-state index in [0.29, 0.717) is 11.8 Å². The van der Waals surface area contributed by atoms with Crippen LogP contribution in [0.2, 0.25) is 0 Å². The molecule has 5 nitrogen and oxygen atoms in total. The van der Waals surface area contributed by atoms with E-state index in [-0.39, 0.29) is 0 Å². The molecule has 0 radical (unpaired) electrons. The Morgan fingerprint density at radius 3 is 2.40 bits per heavy atom. The number of aryl methyl sites for hydroxylation is 2. The third kappa shape index (κ3) is 4.53. The van der Waals surface area contributed by atoms with Crippen LogP contribution in [0.5, 0.6) is 0 Å². The lowest BCUT2D eigenvalue weighted by Gasteiger charge is -2.20. The van der Waals surface area contributed by atoms with Crippen molar-refractivity contribution < 1.29 is 0 Å². The van der Waals surface area contributed by atoms with Crippen LogP contribution >= 0.6 is 0 Å². The lowest BCUT2D eigenvalue weighted by molar-refractivity contribution is 0.771. The second kappa shape index (κ2) is 7.75. The predicted octanol–water partition coefficient (Wildman–Crippen LogP) is 4.26. The van der Waals surface area contributed by atoms with Crippen molar-refractivity contribution in [1.29, 1.82) is 0 Å². The van der Waals surface area contributed by atoms with E-state index >= 15 is 0 Å². The molecule has 0 saturated carbocycles. The maximum atomic E-state index is 4.64. The standard InChI is InChI=1S/C20H23N5/c1-4-25(14-17-8-6-5-7-9-17)20-23-19(13-21-24-20)22-18-11-15(2)10-16(3)12-18/h5-13H,4,14H2,1-3H3,(H,22,23,24). The molecule has 2 aromatic carbocycles. The summed E-state index contributed by atoms with van der Waals surface area (Å²) < 4.78 is 0. The SMILES string of the molecule is CCN(Cc1ccccc1)c1nncc(Nc2cc(C)cc(C)c2)n1. The quantitative estimate of drug-likeness (QED) is 0.730. The van der Waals surface area contributed by atoms with Crippen LogP contribution in [0.15, 0.2) is 54.7 Å². The van der Waals surface area contributed by atoms with Gasteiger partial charge in [-0.25, -0.2) is 0 Å². The highest BCUT2D eigenvalue weighted by Gasteiger charge is 2.10. The Bertz CT molecular complexity index is 812. The van der Waals surface area contributed by atoms with Crippen molar-refractivity contribution in [2.75, 3.05) is 16.8 Å². The Labute approximate surface area is 148 Å². The molecule has 1 N–H and O–H groups in total. The van der Waals surface area contributed by atoms with Gasteiger partial charge in [0.05, 0.1) is 6.20 Å². The van der Waals surface area contributed by atoms with Crippen LogP contribution < -0.4 is 10.2 Å². The summed E-state index contributed by atoms with van der Waals surface area (Å²) in [4.78, 5) is 6.74. The lowest BCUT2D eigenvalue weighted by Crippen LogP contribution is -2.24. The average molecular weight is 333 g/mol. The minimum absolute atomic E-state index is 0.626. The molecular weight excluding hydrogens is 310 g/mol. The van der Waals surface area contributed by atoms with Gasteiger partial charge < -0.3 is 10.2 Å². The van der Waals surface area contributed by atoms with Crippen LogP contribution in [0.4, 0.5) is 17.5 Å². The second-order valence-corrected chi connectivity index (χ2v) is 6.14. The number of hydrogen-bond acceptors (Lipinski definition) is 5. The van der Waals surface area contributed by atoms with Crippen molar-refractivity contribution in [2.24, 2.45) is 0 Å². The highest BCUT2D eigenvalue weighted by atomic mass is 15.3. The Morgan fingerprint density at radius 2 is 1.72 bits per heavy atom. The molecule has 0 aliphatic heterocycles. The van der Waals surface area contributed by atoms with Gasteiger partial charge >= 0.3 is 0 Å². The van der Waals surface area contributed by atoms with E-state index in [0.717, 1.165) is 18.8 Å². The number of aromatic nitrogens is 3. The zero-order chi connectivity index (χ0) is 17.6. The van der Waals surface area contributed by atoms with Gasteiger partial charge in [-0.15, -0.1) is 5.10 Å². The molecule has 3 rings (SSSR count). The van der Waals surface area contributed by atoms with E-state index in [1.165, 1.54) is 16.7 Å². The maximum absolute atomic E-state index is 4.64. The van der Waals surface area contributed by atoms with Gasteiger partial charge in [-0.05, 0) is 49.6 Å². The molecule has 5 heteroatoms. The number of nitrogens with zero attached hydrogens (tertiary/aromatic N) is 4. The van der Waals surface area contributed by atoms with Gasteiger partial charge in [0.15, 0.2) is 5.82 Å². The summed E-state index contributed by atoms with van der Waals surface area (Å²) in [5.74, 6) is 1.32. The Balaban J connectivity index is 1.79. The third-order valence-corrected chi connectivity index (χ3v) is 3.92. The van der Waals surface area contributed by atoms with Crippen LogP contribution in [0.1, 0.15) is 23.6 Å². The van der Waals surface area contributed by atoms with Gasteiger partial charge in [0, 0.05) is 18.8 Å². The summed E-state index contributed by atoms with van der Waals surface area (Å²) in [6.45, 7) is 7.83. The zero-order valence-corrected chi connectivity index (χ0v) is 14.9. The fourth-order valence-corrected chi connectivity index (χ4v) is 2.81. The normalized spacial score (nSPS) is 10.5. The van der Waals surface area contributed by atoms with Crippen molar-refractivity contribution in [1.82, 2.24) is 15.2 Å². The number of benzene rings is 2. The molecule has 0 aliphatic rings. The molecule has 1 aromatic heterocycles. The largest absolute Gasteiger partial charge is 0.339 e. The van der Waals surface area contributed by atoms with Crippen LogP contribution in [0.25, 0.3) is 0 Å². The molecule has 0 amide bonds. The molecule has 0 aliphatic carbocycles. The number of nitrogens with one attached hydrogen (secondary N) is 1. The summed E-state index contributed by atoms with van der Waals surface area (Å²) in [7, 11) is 0. The van der Waals surface area contributed by atoms with Gasteiger partial charge in [-0.1, -0.05) is 36.4 Å². The first kappa shape index (κ1) is 16.9. The number of rotatable bonds is 6. The third-order valence-electron chi connectivity index (χ3n) is 3.92. The molecule has 0 spiro atoms. The molecular formula is C20H23N5. The van der Waals surface area contributed by atoms with E-state index in [1.54, 1.807) is 6.20 Å². The molecule has 0 saturated heterocycles. The fourth-order valence-electron chi connectivity index (χ4n) is 2.81. The summed E-state index contributed by atoms with van der Waals surface area (Å²) in [5.41, 5.74) is 4.66. The van der Waals surface area contributed by atoms with Gasteiger partial charge in [0.1, 0.15) is 0 Å². The highest BCUT2D eigenvalue weighted by molar-refractivity contribution is 5.58. The van der Waals surface area contributed by atoms with Crippen molar-refractivity contribution in [3.63, 3.8) is 0 Å². The highest BCUT2D eigenvalue weighted by Crippen LogP contribution is 2.19. The molecule has 3 aromatic rings. The summed E-state index contributed by atoms with van der Waals surface area (Å²) in [5, 5.41) is 11.7. The van der Waals surface area contributed by atoms with E-state index in [4.69, 9.17) is 0 Å². The molecule has 0 fully saturated rings. The monoisotopic (exact) mass is 333 g/mol. The number of anilines is 3. The van der Waals surface area contributed by atoms with Crippen molar-refractivity contribution in [3.8, 4) is 0 Å². The minimum Gasteiger partial charge on any atom is -0.339 e. The first-order valence-corrected chi connectivity index (χ1v) is 8.48. The van der Waals surface area contributed by atoms with Gasteiger partial charge in [-0.3, -0.25) is 0 Å². The average Bonchev–Trinajstić information content (AvgIpc) is 2.60. The molecule has 0 bridgehead atoms.